The Morgan fingerprint density at radius 3 is 2.74 bits per heavy atom. The second-order valence-corrected chi connectivity index (χ2v) is 10.1. The number of nitrogens with zero attached hydrogens (tertiary/aromatic N) is 5. The lowest BCUT2D eigenvalue weighted by Crippen LogP contribution is -2.60. The number of likely N-dealkylation sites (N-methyl/N-ethyl adjacent to an activating group) is 1. The molecule has 3 aromatic rings. The van der Waals surface area contributed by atoms with Crippen LogP contribution in [0.25, 0.3) is 11.0 Å². The molecule has 10 heteroatoms. The molecule has 1 aromatic carbocycles. The van der Waals surface area contributed by atoms with Crippen molar-refractivity contribution in [2.24, 2.45) is 0 Å². The maximum Gasteiger partial charge on any atom is 0.282 e. The number of aromatic nitrogens is 3. The molecule has 0 atom stereocenters. The van der Waals surface area contributed by atoms with Gasteiger partial charge >= 0.3 is 0 Å². The normalized spacial score (nSPS) is 18.7. The first-order valence-corrected chi connectivity index (χ1v) is 11.8. The topological polar surface area (TPSA) is 94.7 Å². The van der Waals surface area contributed by atoms with Crippen LogP contribution in [0.15, 0.2) is 48.9 Å². The van der Waals surface area contributed by atoms with Gasteiger partial charge in [0.05, 0.1) is 10.9 Å². The van der Waals surface area contributed by atoms with Gasteiger partial charge in [0.25, 0.3) is 10.2 Å². The molecular formula is C21H26N6O3S. The number of aromatic amines is 1. The number of fused-ring (bicyclic) bond motifs is 1. The van der Waals surface area contributed by atoms with Crippen molar-refractivity contribution in [3.8, 4) is 5.75 Å². The summed E-state index contributed by atoms with van der Waals surface area (Å²) in [5.41, 5.74) is 0.433. The van der Waals surface area contributed by atoms with E-state index in [0.29, 0.717) is 32.8 Å². The Morgan fingerprint density at radius 1 is 1.16 bits per heavy atom. The summed E-state index contributed by atoms with van der Waals surface area (Å²) in [6.45, 7) is 2.26. The molecule has 2 aliphatic rings. The fourth-order valence-electron chi connectivity index (χ4n) is 4.26. The van der Waals surface area contributed by atoms with Gasteiger partial charge in [-0.2, -0.15) is 17.0 Å². The van der Waals surface area contributed by atoms with Gasteiger partial charge in [-0.3, -0.25) is 0 Å². The zero-order valence-electron chi connectivity index (χ0n) is 17.4. The predicted octanol–water partition coefficient (Wildman–Crippen LogP) is 1.87. The van der Waals surface area contributed by atoms with E-state index < -0.39 is 10.2 Å². The Balaban J connectivity index is 1.27. The number of nitrogens with one attached hydrogen (secondary N) is 1. The molecule has 0 unspecified atom stereocenters. The fourth-order valence-corrected chi connectivity index (χ4v) is 5.94. The van der Waals surface area contributed by atoms with E-state index in [4.69, 9.17) is 4.74 Å². The minimum absolute atomic E-state index is 0.295. The van der Waals surface area contributed by atoms with E-state index in [0.717, 1.165) is 35.4 Å². The van der Waals surface area contributed by atoms with E-state index in [1.807, 2.05) is 42.6 Å². The molecule has 1 saturated heterocycles. The highest BCUT2D eigenvalue weighted by atomic mass is 32.2. The van der Waals surface area contributed by atoms with Crippen LogP contribution in [0.4, 0.5) is 5.82 Å². The van der Waals surface area contributed by atoms with E-state index in [2.05, 4.69) is 19.9 Å². The Bertz CT molecular complexity index is 1160. The van der Waals surface area contributed by atoms with Gasteiger partial charge in [0.1, 0.15) is 30.1 Å². The fraction of sp³-hybridized carbons (Fsp3) is 0.429. The third kappa shape index (κ3) is 3.75. The van der Waals surface area contributed by atoms with Crippen LogP contribution in [-0.4, -0.2) is 77.4 Å². The van der Waals surface area contributed by atoms with Crippen LogP contribution in [0.1, 0.15) is 12.8 Å². The van der Waals surface area contributed by atoms with Crippen molar-refractivity contribution in [1.82, 2.24) is 23.6 Å². The van der Waals surface area contributed by atoms with Crippen LogP contribution in [0.5, 0.6) is 5.75 Å². The van der Waals surface area contributed by atoms with Crippen molar-refractivity contribution in [1.29, 1.82) is 0 Å². The lowest BCUT2D eigenvalue weighted by atomic mass is 10.2. The highest BCUT2D eigenvalue weighted by molar-refractivity contribution is 7.86. The molecule has 0 radical (unpaired) electrons. The molecule has 31 heavy (non-hydrogen) atoms. The monoisotopic (exact) mass is 442 g/mol. The smallest absolute Gasteiger partial charge is 0.282 e. The molecule has 1 N–H and O–H groups in total. The predicted molar refractivity (Wildman–Crippen MR) is 118 cm³/mol. The van der Waals surface area contributed by atoms with Gasteiger partial charge in [-0.15, -0.1) is 0 Å². The van der Waals surface area contributed by atoms with E-state index >= 15 is 0 Å². The third-order valence-electron chi connectivity index (χ3n) is 6.14. The Morgan fingerprint density at radius 2 is 1.97 bits per heavy atom. The van der Waals surface area contributed by atoms with Crippen LogP contribution < -0.4 is 9.64 Å². The summed E-state index contributed by atoms with van der Waals surface area (Å²) in [4.78, 5) is 14.0. The first-order valence-electron chi connectivity index (χ1n) is 10.4. The standard InChI is InChI=1S/C21H26N6O3S/c1-25(13-14-30-17-5-3-2-4-6-17)31(28,29)27-12-11-26(15-21(27)8-9-21)20-18-7-10-22-19(18)23-16-24-20/h2-7,10,16H,8-9,11-15H2,1H3,(H,22,23,24). The van der Waals surface area contributed by atoms with Gasteiger partial charge in [0.2, 0.25) is 0 Å². The second-order valence-electron chi connectivity index (χ2n) is 8.15. The Labute approximate surface area is 181 Å². The second kappa shape index (κ2) is 7.77. The van der Waals surface area contributed by atoms with Crippen molar-refractivity contribution in [3.63, 3.8) is 0 Å². The molecule has 1 spiro atoms. The summed E-state index contributed by atoms with van der Waals surface area (Å²) in [5, 5.41) is 0.963. The van der Waals surface area contributed by atoms with Crippen LogP contribution in [-0.2, 0) is 10.2 Å². The van der Waals surface area contributed by atoms with Crippen LogP contribution in [0, 0.1) is 0 Å². The Hall–Kier alpha value is -2.69. The average molecular weight is 443 g/mol. The molecule has 0 amide bonds. The first-order chi connectivity index (χ1) is 15.0. The molecular weight excluding hydrogens is 416 g/mol. The van der Waals surface area contributed by atoms with Gasteiger partial charge in [-0.05, 0) is 31.0 Å². The summed E-state index contributed by atoms with van der Waals surface area (Å²) in [6, 6.07) is 11.4. The molecule has 5 rings (SSSR count). The van der Waals surface area contributed by atoms with Gasteiger partial charge in [-0.1, -0.05) is 18.2 Å². The summed E-state index contributed by atoms with van der Waals surface area (Å²) in [6.07, 6.45) is 5.12. The van der Waals surface area contributed by atoms with Gasteiger partial charge < -0.3 is 14.6 Å². The van der Waals surface area contributed by atoms with E-state index in [9.17, 15) is 8.42 Å². The number of H-pyrrole nitrogens is 1. The molecule has 2 aromatic heterocycles. The zero-order valence-corrected chi connectivity index (χ0v) is 18.3. The summed E-state index contributed by atoms with van der Waals surface area (Å²) in [7, 11) is -1.95. The quantitative estimate of drug-likeness (QED) is 0.600. The minimum Gasteiger partial charge on any atom is -0.492 e. The third-order valence-corrected chi connectivity index (χ3v) is 8.23. The van der Waals surface area contributed by atoms with Crippen LogP contribution >= 0.6 is 0 Å². The van der Waals surface area contributed by atoms with Crippen molar-refractivity contribution in [2.75, 3.05) is 44.7 Å². The molecule has 2 fully saturated rings. The van der Waals surface area contributed by atoms with Crippen molar-refractivity contribution in [2.45, 2.75) is 18.4 Å². The first kappa shape index (κ1) is 20.2. The Kier molecular flexibility index (Phi) is 5.07. The molecule has 164 valence electrons. The largest absolute Gasteiger partial charge is 0.492 e. The molecule has 1 aliphatic carbocycles. The highest BCUT2D eigenvalue weighted by Gasteiger charge is 2.56. The number of rotatable bonds is 7. The molecule has 9 nitrogen and oxygen atoms in total. The van der Waals surface area contributed by atoms with Crippen molar-refractivity contribution in [3.05, 3.63) is 48.9 Å². The van der Waals surface area contributed by atoms with E-state index in [1.165, 1.54) is 4.31 Å². The number of ether oxygens (including phenoxy) is 1. The van der Waals surface area contributed by atoms with Gasteiger partial charge in [0.15, 0.2) is 0 Å². The van der Waals surface area contributed by atoms with Gasteiger partial charge in [0, 0.05) is 39.4 Å². The van der Waals surface area contributed by atoms with Crippen molar-refractivity contribution >= 4 is 27.1 Å². The SMILES string of the molecule is CN(CCOc1ccccc1)S(=O)(=O)N1CCN(c2ncnc3[nH]ccc23)CC12CC2. The highest BCUT2D eigenvalue weighted by Crippen LogP contribution is 2.47. The average Bonchev–Trinajstić information content (AvgIpc) is 3.35. The number of hydrogen-bond donors (Lipinski definition) is 1. The van der Waals surface area contributed by atoms with Crippen LogP contribution in [0.2, 0.25) is 0 Å². The van der Waals surface area contributed by atoms with Crippen LogP contribution in [0.3, 0.4) is 0 Å². The zero-order chi connectivity index (χ0) is 21.5. The molecule has 1 aliphatic heterocycles. The lowest BCUT2D eigenvalue weighted by molar-refractivity contribution is 0.237. The maximum absolute atomic E-state index is 13.3. The number of hydrogen-bond acceptors (Lipinski definition) is 6. The molecule has 3 heterocycles. The maximum atomic E-state index is 13.3. The summed E-state index contributed by atoms with van der Waals surface area (Å²) >= 11 is 0. The lowest BCUT2D eigenvalue weighted by Gasteiger charge is -2.43. The minimum atomic E-state index is -3.58. The summed E-state index contributed by atoms with van der Waals surface area (Å²) in [5.74, 6) is 1.60. The van der Waals surface area contributed by atoms with E-state index in [-0.39, 0.29) is 5.54 Å². The molecule has 1 saturated carbocycles. The number of piperazine rings is 1. The van der Waals surface area contributed by atoms with Crippen molar-refractivity contribution < 1.29 is 13.2 Å². The number of para-hydroxylation sites is 1. The summed E-state index contributed by atoms with van der Waals surface area (Å²) < 4.78 is 35.5. The number of anilines is 1. The van der Waals surface area contributed by atoms with E-state index in [1.54, 1.807) is 17.7 Å². The molecule has 0 bridgehead atoms. The van der Waals surface area contributed by atoms with Gasteiger partial charge in [-0.25, -0.2) is 9.97 Å². The number of benzene rings is 1.